The number of aromatic nitrogens is 1. The third-order valence-corrected chi connectivity index (χ3v) is 2.90. The molecule has 0 aliphatic heterocycles. The molecule has 21 heavy (non-hydrogen) atoms. The molecule has 110 valence electrons. The lowest BCUT2D eigenvalue weighted by atomic mass is 10.2. The number of pyridine rings is 1. The Hall–Kier alpha value is -2.27. The van der Waals surface area contributed by atoms with Crippen LogP contribution in [0.25, 0.3) is 0 Å². The van der Waals surface area contributed by atoms with Crippen LogP contribution < -0.4 is 15.6 Å². The number of para-hydroxylation sites is 2. The van der Waals surface area contributed by atoms with Gasteiger partial charge in [-0.05, 0) is 32.0 Å². The molecule has 0 aliphatic rings. The fourth-order valence-electron chi connectivity index (χ4n) is 1.71. The summed E-state index contributed by atoms with van der Waals surface area (Å²) in [6.07, 6.45) is 1.31. The van der Waals surface area contributed by atoms with Crippen LogP contribution in [0.4, 0.5) is 5.69 Å². The highest BCUT2D eigenvalue weighted by Crippen LogP contribution is 2.25. The molecule has 0 aliphatic carbocycles. The van der Waals surface area contributed by atoms with Crippen molar-refractivity contribution in [3.63, 3.8) is 0 Å². The molecular weight excluding hydrogens is 292 g/mol. The first kappa shape index (κ1) is 15.1. The van der Waals surface area contributed by atoms with Crippen LogP contribution in [-0.4, -0.2) is 17.0 Å². The molecule has 0 saturated heterocycles. The third kappa shape index (κ3) is 3.86. The summed E-state index contributed by atoms with van der Waals surface area (Å²) in [4.78, 5) is 25.8. The largest absolute Gasteiger partial charge is 0.489 e. The van der Waals surface area contributed by atoms with Crippen molar-refractivity contribution in [1.82, 2.24) is 4.98 Å². The summed E-state index contributed by atoms with van der Waals surface area (Å²) in [7, 11) is 0. The predicted octanol–water partition coefficient (Wildman–Crippen LogP) is 3.07. The van der Waals surface area contributed by atoms with E-state index in [4.69, 9.17) is 16.3 Å². The fraction of sp³-hybridized carbons (Fsp3) is 0.200. The zero-order valence-electron chi connectivity index (χ0n) is 11.6. The van der Waals surface area contributed by atoms with E-state index in [2.05, 4.69) is 10.3 Å². The van der Waals surface area contributed by atoms with E-state index in [1.807, 2.05) is 19.9 Å². The van der Waals surface area contributed by atoms with E-state index in [1.165, 1.54) is 12.3 Å². The highest BCUT2D eigenvalue weighted by Gasteiger charge is 2.12. The molecule has 0 fully saturated rings. The summed E-state index contributed by atoms with van der Waals surface area (Å²) < 4.78 is 5.63. The molecule has 5 nitrogen and oxygen atoms in total. The molecular formula is C15H15ClN2O3. The summed E-state index contributed by atoms with van der Waals surface area (Å²) in [6, 6.07) is 8.45. The summed E-state index contributed by atoms with van der Waals surface area (Å²) in [5, 5.41) is 2.70. The highest BCUT2D eigenvalue weighted by molar-refractivity contribution is 6.30. The third-order valence-electron chi connectivity index (χ3n) is 2.62. The van der Waals surface area contributed by atoms with Crippen LogP contribution in [0.5, 0.6) is 5.75 Å². The van der Waals surface area contributed by atoms with Gasteiger partial charge in [0.15, 0.2) is 0 Å². The molecule has 0 spiro atoms. The van der Waals surface area contributed by atoms with Gasteiger partial charge >= 0.3 is 0 Å². The van der Waals surface area contributed by atoms with Gasteiger partial charge in [-0.25, -0.2) is 0 Å². The van der Waals surface area contributed by atoms with Gasteiger partial charge in [0, 0.05) is 6.20 Å². The quantitative estimate of drug-likeness (QED) is 0.912. The molecule has 0 radical (unpaired) electrons. The minimum Gasteiger partial charge on any atom is -0.489 e. The molecule has 0 unspecified atom stereocenters. The van der Waals surface area contributed by atoms with E-state index in [-0.39, 0.29) is 22.6 Å². The van der Waals surface area contributed by atoms with Gasteiger partial charge in [-0.3, -0.25) is 9.59 Å². The first-order chi connectivity index (χ1) is 9.97. The molecule has 1 heterocycles. The maximum absolute atomic E-state index is 12.2. The molecule has 2 rings (SSSR count). The topological polar surface area (TPSA) is 71.2 Å². The molecule has 1 aromatic carbocycles. The van der Waals surface area contributed by atoms with Crippen LogP contribution in [0.3, 0.4) is 0 Å². The van der Waals surface area contributed by atoms with E-state index in [1.54, 1.807) is 18.2 Å². The number of benzene rings is 1. The number of hydrogen-bond donors (Lipinski definition) is 2. The lowest BCUT2D eigenvalue weighted by Crippen LogP contribution is -2.16. The smallest absolute Gasteiger partial charge is 0.266 e. The number of carbonyl (C=O) groups excluding carboxylic acids is 1. The number of amides is 1. The molecule has 1 amide bonds. The van der Waals surface area contributed by atoms with E-state index < -0.39 is 5.56 Å². The highest BCUT2D eigenvalue weighted by atomic mass is 35.5. The average Bonchev–Trinajstić information content (AvgIpc) is 2.43. The normalized spacial score (nSPS) is 10.5. The van der Waals surface area contributed by atoms with Crippen LogP contribution in [0.1, 0.15) is 24.2 Å². The monoisotopic (exact) mass is 306 g/mol. The number of carbonyl (C=O) groups is 1. The Bertz CT molecular complexity index is 710. The molecule has 0 bridgehead atoms. The van der Waals surface area contributed by atoms with E-state index >= 15 is 0 Å². The second-order valence-electron chi connectivity index (χ2n) is 4.68. The summed E-state index contributed by atoms with van der Waals surface area (Å²) in [5.74, 6) is 0.198. The van der Waals surface area contributed by atoms with Crippen molar-refractivity contribution in [2.75, 3.05) is 5.32 Å². The number of ether oxygens (including phenoxy) is 1. The predicted molar refractivity (Wildman–Crippen MR) is 82.2 cm³/mol. The van der Waals surface area contributed by atoms with Crippen molar-refractivity contribution in [2.45, 2.75) is 20.0 Å². The lowest BCUT2D eigenvalue weighted by molar-refractivity contribution is 0.102. The average molecular weight is 307 g/mol. The van der Waals surface area contributed by atoms with Gasteiger partial charge in [-0.2, -0.15) is 0 Å². The molecule has 2 aromatic rings. The van der Waals surface area contributed by atoms with Gasteiger partial charge in [0.2, 0.25) is 0 Å². The van der Waals surface area contributed by atoms with Crippen LogP contribution in [-0.2, 0) is 0 Å². The maximum Gasteiger partial charge on any atom is 0.266 e. The second kappa shape index (κ2) is 6.45. The van der Waals surface area contributed by atoms with Crippen molar-refractivity contribution in [3.8, 4) is 5.75 Å². The number of H-pyrrole nitrogens is 1. The minimum absolute atomic E-state index is 0.00873. The summed E-state index contributed by atoms with van der Waals surface area (Å²) in [6.45, 7) is 3.81. The summed E-state index contributed by atoms with van der Waals surface area (Å²) >= 11 is 5.71. The Morgan fingerprint density at radius 3 is 2.71 bits per heavy atom. The Kier molecular flexibility index (Phi) is 4.65. The fourth-order valence-corrected chi connectivity index (χ4v) is 1.88. The van der Waals surface area contributed by atoms with Gasteiger partial charge < -0.3 is 15.0 Å². The maximum atomic E-state index is 12.2. The number of hydrogen-bond acceptors (Lipinski definition) is 3. The molecule has 6 heteroatoms. The number of nitrogens with one attached hydrogen (secondary N) is 2. The minimum atomic E-state index is -0.434. The number of rotatable bonds is 4. The van der Waals surface area contributed by atoms with E-state index in [0.717, 1.165) is 0 Å². The van der Waals surface area contributed by atoms with Crippen LogP contribution >= 0.6 is 11.6 Å². The number of aromatic amines is 1. The van der Waals surface area contributed by atoms with Crippen molar-refractivity contribution in [2.24, 2.45) is 0 Å². The van der Waals surface area contributed by atoms with Crippen LogP contribution in [0, 0.1) is 0 Å². The molecule has 0 atom stereocenters. The second-order valence-corrected chi connectivity index (χ2v) is 5.09. The zero-order chi connectivity index (χ0) is 15.4. The van der Waals surface area contributed by atoms with Crippen LogP contribution in [0.15, 0.2) is 41.3 Å². The van der Waals surface area contributed by atoms with Crippen molar-refractivity contribution < 1.29 is 9.53 Å². The Labute approximate surface area is 126 Å². The van der Waals surface area contributed by atoms with Gasteiger partial charge in [0.25, 0.3) is 11.5 Å². The van der Waals surface area contributed by atoms with Gasteiger partial charge in [0.05, 0.1) is 17.4 Å². The number of halogens is 1. The Balaban J connectivity index is 2.23. The Morgan fingerprint density at radius 2 is 2.05 bits per heavy atom. The van der Waals surface area contributed by atoms with Crippen LogP contribution in [0.2, 0.25) is 5.02 Å². The Morgan fingerprint density at radius 1 is 1.33 bits per heavy atom. The van der Waals surface area contributed by atoms with Gasteiger partial charge in [0.1, 0.15) is 10.8 Å². The standard InChI is InChI=1S/C15H15ClN2O3/c1-9(2)21-13-6-4-3-5-12(13)18-14(19)10-7-11(16)15(20)17-8-10/h3-9H,1-2H3,(H,17,20)(H,18,19). The lowest BCUT2D eigenvalue weighted by Gasteiger charge is -2.14. The van der Waals surface area contributed by atoms with Gasteiger partial charge in [-0.1, -0.05) is 23.7 Å². The molecule has 1 aromatic heterocycles. The first-order valence-corrected chi connectivity index (χ1v) is 6.80. The van der Waals surface area contributed by atoms with Gasteiger partial charge in [-0.15, -0.1) is 0 Å². The molecule has 0 saturated carbocycles. The van der Waals surface area contributed by atoms with Crippen molar-refractivity contribution >= 4 is 23.2 Å². The van der Waals surface area contributed by atoms with E-state index in [9.17, 15) is 9.59 Å². The first-order valence-electron chi connectivity index (χ1n) is 6.42. The zero-order valence-corrected chi connectivity index (χ0v) is 12.4. The SMILES string of the molecule is CC(C)Oc1ccccc1NC(=O)c1c[nH]c(=O)c(Cl)c1. The van der Waals surface area contributed by atoms with Crippen molar-refractivity contribution in [1.29, 1.82) is 0 Å². The summed E-state index contributed by atoms with van der Waals surface area (Å²) in [5.41, 5.74) is 0.384. The van der Waals surface area contributed by atoms with E-state index in [0.29, 0.717) is 11.4 Å². The number of anilines is 1. The molecule has 2 N–H and O–H groups in total. The van der Waals surface area contributed by atoms with Crippen molar-refractivity contribution in [3.05, 3.63) is 57.5 Å².